The van der Waals surface area contributed by atoms with Gasteiger partial charge in [-0.15, -0.1) is 10.2 Å². The summed E-state index contributed by atoms with van der Waals surface area (Å²) in [7, 11) is 0. The van der Waals surface area contributed by atoms with Crippen molar-refractivity contribution in [2.45, 2.75) is 50.6 Å². The average Bonchev–Trinajstić information content (AvgIpc) is 3.26. The summed E-state index contributed by atoms with van der Waals surface area (Å²) in [5.41, 5.74) is 3.52. The maximum absolute atomic E-state index is 10.4. The van der Waals surface area contributed by atoms with Crippen LogP contribution in [0.25, 0.3) is 22.6 Å². The molecule has 1 aliphatic heterocycles. The smallest absolute Gasteiger partial charge is 0.247 e. The van der Waals surface area contributed by atoms with Crippen molar-refractivity contribution in [2.24, 2.45) is 0 Å². The number of aliphatic hydroxyl groups excluding tert-OH is 3. The minimum absolute atomic E-state index is 0.176. The van der Waals surface area contributed by atoms with Gasteiger partial charge in [-0.1, -0.05) is 44.2 Å². The summed E-state index contributed by atoms with van der Waals surface area (Å²) < 4.78 is 11.5. The molecule has 3 aromatic rings. The van der Waals surface area contributed by atoms with Crippen LogP contribution in [0.15, 0.2) is 52.9 Å². The molecule has 4 atom stereocenters. The van der Waals surface area contributed by atoms with Gasteiger partial charge in [-0.2, -0.15) is 0 Å². The number of hydrogen-bond acceptors (Lipinski definition) is 7. The Morgan fingerprint density at radius 1 is 1.00 bits per heavy atom. The second kappa shape index (κ2) is 8.65. The van der Waals surface area contributed by atoms with Gasteiger partial charge in [0.25, 0.3) is 0 Å². The van der Waals surface area contributed by atoms with Crippen LogP contribution in [-0.2, 0) is 4.74 Å². The highest BCUT2D eigenvalue weighted by atomic mass is 16.5. The van der Waals surface area contributed by atoms with Crippen molar-refractivity contribution in [1.29, 1.82) is 0 Å². The van der Waals surface area contributed by atoms with E-state index in [0.717, 1.165) is 22.3 Å². The minimum Gasteiger partial charge on any atom is -0.420 e. The molecule has 0 radical (unpaired) electrons. The van der Waals surface area contributed by atoms with Gasteiger partial charge in [-0.25, -0.2) is 0 Å². The fourth-order valence-electron chi connectivity index (χ4n) is 3.63. The van der Waals surface area contributed by atoms with E-state index in [0.29, 0.717) is 11.8 Å². The van der Waals surface area contributed by atoms with Crippen molar-refractivity contribution in [2.75, 3.05) is 6.61 Å². The summed E-state index contributed by atoms with van der Waals surface area (Å²) >= 11 is 0. The van der Waals surface area contributed by atoms with Gasteiger partial charge >= 0.3 is 0 Å². The molecule has 1 aromatic heterocycles. The normalized spacial score (nSPS) is 24.3. The van der Waals surface area contributed by atoms with Crippen LogP contribution in [0, 0.1) is 0 Å². The van der Waals surface area contributed by atoms with Crippen molar-refractivity contribution >= 4 is 0 Å². The number of aromatic nitrogens is 2. The Hall–Kier alpha value is -2.58. The van der Waals surface area contributed by atoms with Gasteiger partial charge in [0.05, 0.1) is 18.8 Å². The zero-order valence-corrected chi connectivity index (χ0v) is 17.0. The third kappa shape index (κ3) is 4.15. The standard InChI is InChI=1S/C23H26N2O5/c1-13(2)22-24-25-23(30-22)15-8-6-14(7-9-15)16-4-3-5-17(10-16)21-20(28)19(27)11-18(12-26)29-21/h3-10,13,18-21,26-28H,11-12H2,1-2H3. The third-order valence-electron chi connectivity index (χ3n) is 5.37. The molecule has 0 aliphatic carbocycles. The van der Waals surface area contributed by atoms with Crippen LogP contribution in [0.4, 0.5) is 0 Å². The fraction of sp³-hybridized carbons (Fsp3) is 0.391. The van der Waals surface area contributed by atoms with E-state index >= 15 is 0 Å². The maximum Gasteiger partial charge on any atom is 0.247 e. The molecule has 158 valence electrons. The van der Waals surface area contributed by atoms with Gasteiger partial charge in [-0.05, 0) is 34.9 Å². The van der Waals surface area contributed by atoms with Gasteiger partial charge < -0.3 is 24.5 Å². The molecule has 2 heterocycles. The average molecular weight is 410 g/mol. The second-order valence-electron chi connectivity index (χ2n) is 7.96. The highest BCUT2D eigenvalue weighted by molar-refractivity contribution is 5.68. The molecule has 7 nitrogen and oxygen atoms in total. The fourth-order valence-corrected chi connectivity index (χ4v) is 3.63. The Morgan fingerprint density at radius 3 is 2.40 bits per heavy atom. The lowest BCUT2D eigenvalue weighted by Gasteiger charge is -2.37. The number of ether oxygens (including phenoxy) is 1. The van der Waals surface area contributed by atoms with E-state index in [9.17, 15) is 15.3 Å². The molecule has 1 aliphatic rings. The first kappa shape index (κ1) is 20.7. The minimum atomic E-state index is -1.04. The van der Waals surface area contributed by atoms with E-state index in [2.05, 4.69) is 10.2 Å². The van der Waals surface area contributed by atoms with Crippen molar-refractivity contribution in [1.82, 2.24) is 10.2 Å². The highest BCUT2D eigenvalue weighted by Crippen LogP contribution is 2.34. The third-order valence-corrected chi connectivity index (χ3v) is 5.37. The summed E-state index contributed by atoms with van der Waals surface area (Å²) in [6.07, 6.45) is -2.96. The monoisotopic (exact) mass is 410 g/mol. The molecular formula is C23H26N2O5. The molecule has 1 saturated heterocycles. The molecule has 0 amide bonds. The quantitative estimate of drug-likeness (QED) is 0.593. The molecule has 30 heavy (non-hydrogen) atoms. The van der Waals surface area contributed by atoms with Crippen LogP contribution in [0.3, 0.4) is 0 Å². The van der Waals surface area contributed by atoms with Crippen LogP contribution < -0.4 is 0 Å². The van der Waals surface area contributed by atoms with Gasteiger partial charge in [0.15, 0.2) is 0 Å². The highest BCUT2D eigenvalue weighted by Gasteiger charge is 2.37. The van der Waals surface area contributed by atoms with E-state index in [1.54, 1.807) is 0 Å². The van der Waals surface area contributed by atoms with E-state index in [-0.39, 0.29) is 18.9 Å². The van der Waals surface area contributed by atoms with Crippen LogP contribution in [-0.4, -0.2) is 50.4 Å². The zero-order chi connectivity index (χ0) is 21.3. The molecule has 4 rings (SSSR count). The Morgan fingerprint density at radius 2 is 1.73 bits per heavy atom. The van der Waals surface area contributed by atoms with E-state index < -0.39 is 24.4 Å². The van der Waals surface area contributed by atoms with E-state index in [1.165, 1.54) is 0 Å². The number of hydrogen-bond donors (Lipinski definition) is 3. The summed E-state index contributed by atoms with van der Waals surface area (Å²) in [6.45, 7) is 3.81. The zero-order valence-electron chi connectivity index (χ0n) is 17.0. The molecule has 1 fully saturated rings. The largest absolute Gasteiger partial charge is 0.420 e. The van der Waals surface area contributed by atoms with Crippen LogP contribution in [0.2, 0.25) is 0 Å². The van der Waals surface area contributed by atoms with Gasteiger partial charge in [0, 0.05) is 17.9 Å². The topological polar surface area (TPSA) is 109 Å². The lowest BCUT2D eigenvalue weighted by atomic mass is 9.91. The molecule has 0 bridgehead atoms. The first-order valence-corrected chi connectivity index (χ1v) is 10.1. The van der Waals surface area contributed by atoms with Crippen molar-refractivity contribution in [3.05, 3.63) is 60.0 Å². The van der Waals surface area contributed by atoms with Crippen molar-refractivity contribution in [3.63, 3.8) is 0 Å². The first-order valence-electron chi connectivity index (χ1n) is 10.1. The molecule has 3 N–H and O–H groups in total. The van der Waals surface area contributed by atoms with E-state index in [4.69, 9.17) is 9.15 Å². The van der Waals surface area contributed by atoms with E-state index in [1.807, 2.05) is 62.4 Å². The molecule has 0 spiro atoms. The Balaban J connectivity index is 1.57. The molecule has 4 unspecified atom stereocenters. The molecule has 7 heteroatoms. The van der Waals surface area contributed by atoms with Crippen molar-refractivity contribution < 1.29 is 24.5 Å². The molecule has 0 saturated carbocycles. The van der Waals surface area contributed by atoms with Crippen LogP contribution in [0.5, 0.6) is 0 Å². The van der Waals surface area contributed by atoms with Gasteiger partial charge in [0.1, 0.15) is 12.2 Å². The summed E-state index contributed by atoms with van der Waals surface area (Å²) in [5, 5.41) is 38.1. The SMILES string of the molecule is CC(C)c1nnc(-c2ccc(-c3cccc(C4OC(CO)CC(O)C4O)c3)cc2)o1. The van der Waals surface area contributed by atoms with Gasteiger partial charge in [-0.3, -0.25) is 0 Å². The Kier molecular flexibility index (Phi) is 5.97. The number of benzene rings is 2. The van der Waals surface area contributed by atoms with Gasteiger partial charge in [0.2, 0.25) is 11.8 Å². The summed E-state index contributed by atoms with van der Waals surface area (Å²) in [4.78, 5) is 0. The Bertz CT molecular complexity index is 985. The molecule has 2 aromatic carbocycles. The Labute approximate surface area is 175 Å². The number of rotatable bonds is 5. The maximum atomic E-state index is 10.4. The first-order chi connectivity index (χ1) is 14.5. The predicted molar refractivity (Wildman–Crippen MR) is 111 cm³/mol. The molecular weight excluding hydrogens is 384 g/mol. The predicted octanol–water partition coefficient (Wildman–Crippen LogP) is 3.07. The summed E-state index contributed by atoms with van der Waals surface area (Å²) in [5.74, 6) is 1.27. The van der Waals surface area contributed by atoms with Crippen LogP contribution >= 0.6 is 0 Å². The lowest BCUT2D eigenvalue weighted by Crippen LogP contribution is -2.44. The van der Waals surface area contributed by atoms with Crippen LogP contribution in [0.1, 0.15) is 43.7 Å². The van der Waals surface area contributed by atoms with Crippen molar-refractivity contribution in [3.8, 4) is 22.6 Å². The number of aliphatic hydroxyl groups is 3. The lowest BCUT2D eigenvalue weighted by molar-refractivity contribution is -0.179. The summed E-state index contributed by atoms with van der Waals surface area (Å²) in [6, 6.07) is 15.4. The second-order valence-corrected chi connectivity index (χ2v) is 7.96. The number of nitrogens with zero attached hydrogens (tertiary/aromatic N) is 2.